The molecule has 0 radical (unpaired) electrons. The first kappa shape index (κ1) is 13.5. The highest BCUT2D eigenvalue weighted by atomic mass is 35.5. The third-order valence-electron chi connectivity index (χ3n) is 2.49. The van der Waals surface area contributed by atoms with E-state index >= 15 is 0 Å². The maximum absolute atomic E-state index is 5.86. The molecule has 2 aromatic heterocycles. The van der Waals surface area contributed by atoms with Gasteiger partial charge in [-0.2, -0.15) is 4.98 Å². The average Bonchev–Trinajstić information content (AvgIpc) is 2.41. The largest absolute Gasteiger partial charge is 0.437 e. The van der Waals surface area contributed by atoms with Crippen LogP contribution in [0.25, 0.3) is 0 Å². The lowest BCUT2D eigenvalue weighted by Gasteiger charge is -2.12. The lowest BCUT2D eigenvalue weighted by molar-refractivity contribution is 0.453. The molecule has 0 saturated carbocycles. The maximum atomic E-state index is 5.86. The van der Waals surface area contributed by atoms with Crippen LogP contribution in [0.2, 0.25) is 5.02 Å². The van der Waals surface area contributed by atoms with Gasteiger partial charge in [0.2, 0.25) is 5.88 Å². The topological polar surface area (TPSA) is 86.0 Å². The van der Waals surface area contributed by atoms with Gasteiger partial charge < -0.3 is 10.2 Å². The number of anilines is 1. The minimum absolute atomic E-state index is 0.434. The van der Waals surface area contributed by atoms with Crippen molar-refractivity contribution in [1.82, 2.24) is 15.0 Å². The predicted octanol–water partition coefficient (Wildman–Crippen LogP) is 2.47. The number of halogens is 1. The molecule has 0 unspecified atom stereocenters. The second kappa shape index (κ2) is 5.81. The van der Waals surface area contributed by atoms with Gasteiger partial charge in [-0.25, -0.2) is 10.8 Å². The van der Waals surface area contributed by atoms with Gasteiger partial charge in [0.1, 0.15) is 17.4 Å². The van der Waals surface area contributed by atoms with Crippen LogP contribution in [0.4, 0.5) is 5.82 Å². The minimum atomic E-state index is 0.434. The van der Waals surface area contributed by atoms with E-state index in [0.717, 1.165) is 5.56 Å². The molecule has 0 spiro atoms. The van der Waals surface area contributed by atoms with E-state index in [1.807, 2.05) is 13.8 Å². The molecule has 7 heteroatoms. The van der Waals surface area contributed by atoms with Crippen molar-refractivity contribution in [3.63, 3.8) is 0 Å². The number of nitrogens with zero attached hydrogens (tertiary/aromatic N) is 3. The quantitative estimate of drug-likeness (QED) is 0.660. The summed E-state index contributed by atoms with van der Waals surface area (Å²) in [6, 6.07) is 1.66. The summed E-state index contributed by atoms with van der Waals surface area (Å²) >= 11 is 5.86. The van der Waals surface area contributed by atoms with E-state index in [4.69, 9.17) is 22.2 Å². The Balaban J connectivity index is 2.38. The number of pyridine rings is 1. The van der Waals surface area contributed by atoms with Crippen LogP contribution in [0.3, 0.4) is 0 Å². The molecule has 0 fully saturated rings. The molecule has 6 nitrogen and oxygen atoms in total. The SMILES string of the molecule is CCc1nc(NN)c(C)c(Oc2cncc(Cl)c2)n1. The smallest absolute Gasteiger partial charge is 0.227 e. The molecule has 2 heterocycles. The second-order valence-electron chi connectivity index (χ2n) is 3.86. The summed E-state index contributed by atoms with van der Waals surface area (Å²) in [5.74, 6) is 7.56. The van der Waals surface area contributed by atoms with Crippen LogP contribution in [0.15, 0.2) is 18.5 Å². The Kier molecular flexibility index (Phi) is 4.13. The normalized spacial score (nSPS) is 10.3. The van der Waals surface area contributed by atoms with Crippen molar-refractivity contribution in [2.75, 3.05) is 5.43 Å². The predicted molar refractivity (Wildman–Crippen MR) is 73.3 cm³/mol. The van der Waals surface area contributed by atoms with Crippen molar-refractivity contribution < 1.29 is 4.74 Å². The van der Waals surface area contributed by atoms with Crippen molar-refractivity contribution in [2.24, 2.45) is 5.84 Å². The molecular formula is C12H14ClN5O. The van der Waals surface area contributed by atoms with Gasteiger partial charge >= 0.3 is 0 Å². The number of hydrazine groups is 1. The van der Waals surface area contributed by atoms with Crippen molar-refractivity contribution in [2.45, 2.75) is 20.3 Å². The van der Waals surface area contributed by atoms with Crippen molar-refractivity contribution in [3.05, 3.63) is 34.9 Å². The Bertz CT molecular complexity index is 590. The van der Waals surface area contributed by atoms with Crippen LogP contribution in [0.1, 0.15) is 18.3 Å². The molecule has 0 amide bonds. The van der Waals surface area contributed by atoms with Gasteiger partial charge in [-0.05, 0) is 6.92 Å². The van der Waals surface area contributed by atoms with Crippen LogP contribution >= 0.6 is 11.6 Å². The van der Waals surface area contributed by atoms with E-state index in [1.54, 1.807) is 12.3 Å². The number of hydrogen-bond donors (Lipinski definition) is 2. The summed E-state index contributed by atoms with van der Waals surface area (Å²) in [6.45, 7) is 3.78. The fourth-order valence-electron chi connectivity index (χ4n) is 1.50. The summed E-state index contributed by atoms with van der Waals surface area (Å²) in [6.07, 6.45) is 3.78. The van der Waals surface area contributed by atoms with Crippen LogP contribution in [-0.2, 0) is 6.42 Å². The van der Waals surface area contributed by atoms with Gasteiger partial charge in [0.25, 0.3) is 0 Å². The van der Waals surface area contributed by atoms with E-state index in [2.05, 4.69) is 20.4 Å². The number of aromatic nitrogens is 3. The van der Waals surface area contributed by atoms with Crippen LogP contribution in [0, 0.1) is 6.92 Å². The molecule has 0 aliphatic carbocycles. The Hall–Kier alpha value is -1.92. The molecule has 0 atom stereocenters. The van der Waals surface area contributed by atoms with E-state index in [9.17, 15) is 0 Å². The van der Waals surface area contributed by atoms with E-state index in [-0.39, 0.29) is 0 Å². The molecule has 0 aliphatic heterocycles. The number of nitrogens with one attached hydrogen (secondary N) is 1. The van der Waals surface area contributed by atoms with Crippen LogP contribution in [0.5, 0.6) is 11.6 Å². The van der Waals surface area contributed by atoms with Gasteiger partial charge in [0.15, 0.2) is 0 Å². The van der Waals surface area contributed by atoms with Gasteiger partial charge in [-0.15, -0.1) is 0 Å². The van der Waals surface area contributed by atoms with E-state index in [0.29, 0.717) is 34.7 Å². The van der Waals surface area contributed by atoms with Crippen LogP contribution < -0.4 is 16.0 Å². The van der Waals surface area contributed by atoms with Crippen molar-refractivity contribution >= 4 is 17.4 Å². The third-order valence-corrected chi connectivity index (χ3v) is 2.70. The first-order chi connectivity index (χ1) is 9.13. The number of rotatable bonds is 4. The lowest BCUT2D eigenvalue weighted by Crippen LogP contribution is -2.13. The molecule has 100 valence electrons. The van der Waals surface area contributed by atoms with Gasteiger partial charge in [-0.1, -0.05) is 18.5 Å². The number of aryl methyl sites for hydroxylation is 1. The Morgan fingerprint density at radius 1 is 1.37 bits per heavy atom. The molecule has 3 N–H and O–H groups in total. The number of ether oxygens (including phenoxy) is 1. The highest BCUT2D eigenvalue weighted by Crippen LogP contribution is 2.27. The van der Waals surface area contributed by atoms with Gasteiger partial charge in [-0.3, -0.25) is 4.98 Å². The third kappa shape index (κ3) is 3.10. The fourth-order valence-corrected chi connectivity index (χ4v) is 1.66. The van der Waals surface area contributed by atoms with Gasteiger partial charge in [0.05, 0.1) is 16.8 Å². The zero-order valence-electron chi connectivity index (χ0n) is 10.6. The summed E-state index contributed by atoms with van der Waals surface area (Å²) in [5, 5.41) is 0.497. The Labute approximate surface area is 116 Å². The number of nitrogen functional groups attached to an aromatic ring is 1. The Morgan fingerprint density at radius 3 is 2.79 bits per heavy atom. The average molecular weight is 280 g/mol. The van der Waals surface area contributed by atoms with Crippen LogP contribution in [-0.4, -0.2) is 15.0 Å². The van der Waals surface area contributed by atoms with Crippen molar-refractivity contribution in [3.8, 4) is 11.6 Å². The summed E-state index contributed by atoms with van der Waals surface area (Å²) in [7, 11) is 0. The summed E-state index contributed by atoms with van der Waals surface area (Å²) in [4.78, 5) is 12.5. The summed E-state index contributed by atoms with van der Waals surface area (Å²) < 4.78 is 5.68. The van der Waals surface area contributed by atoms with Crippen molar-refractivity contribution in [1.29, 1.82) is 0 Å². The standard InChI is InChI=1S/C12H14ClN5O/c1-3-10-16-11(18-14)7(2)12(17-10)19-9-4-8(13)5-15-6-9/h4-6H,3,14H2,1-2H3,(H,16,17,18). The van der Waals surface area contributed by atoms with E-state index < -0.39 is 0 Å². The monoisotopic (exact) mass is 279 g/mol. The first-order valence-electron chi connectivity index (χ1n) is 5.76. The molecule has 19 heavy (non-hydrogen) atoms. The molecule has 0 aromatic carbocycles. The molecule has 0 bridgehead atoms. The molecule has 2 aromatic rings. The minimum Gasteiger partial charge on any atom is -0.437 e. The highest BCUT2D eigenvalue weighted by Gasteiger charge is 2.11. The summed E-state index contributed by atoms with van der Waals surface area (Å²) in [5.41, 5.74) is 3.26. The first-order valence-corrected chi connectivity index (χ1v) is 6.14. The molecule has 2 rings (SSSR count). The molecule has 0 saturated heterocycles. The second-order valence-corrected chi connectivity index (χ2v) is 4.29. The molecule has 0 aliphatic rings. The number of hydrogen-bond acceptors (Lipinski definition) is 6. The zero-order chi connectivity index (χ0) is 13.8. The Morgan fingerprint density at radius 2 is 2.16 bits per heavy atom. The van der Waals surface area contributed by atoms with E-state index in [1.165, 1.54) is 6.20 Å². The molecular weight excluding hydrogens is 266 g/mol. The van der Waals surface area contributed by atoms with Gasteiger partial charge in [0, 0.05) is 18.7 Å². The lowest BCUT2D eigenvalue weighted by atomic mass is 10.3. The maximum Gasteiger partial charge on any atom is 0.227 e. The highest BCUT2D eigenvalue weighted by molar-refractivity contribution is 6.30. The zero-order valence-corrected chi connectivity index (χ0v) is 11.4. The fraction of sp³-hybridized carbons (Fsp3) is 0.250. The number of nitrogens with two attached hydrogens (primary N) is 1.